The molecule has 0 saturated carbocycles. The zero-order valence-corrected chi connectivity index (χ0v) is 10.7. The van der Waals surface area contributed by atoms with Gasteiger partial charge in [0.1, 0.15) is 0 Å². The van der Waals surface area contributed by atoms with Gasteiger partial charge < -0.3 is 4.90 Å². The molecule has 5 nitrogen and oxygen atoms in total. The van der Waals surface area contributed by atoms with Gasteiger partial charge >= 0.3 is 0 Å². The van der Waals surface area contributed by atoms with Gasteiger partial charge in [-0.3, -0.25) is 4.98 Å². The zero-order valence-electron chi connectivity index (χ0n) is 9.91. The van der Waals surface area contributed by atoms with Gasteiger partial charge in [-0.1, -0.05) is 16.8 Å². The van der Waals surface area contributed by atoms with Gasteiger partial charge in [0.2, 0.25) is 0 Å². The lowest BCUT2D eigenvalue weighted by molar-refractivity contribution is 0.360. The summed E-state index contributed by atoms with van der Waals surface area (Å²) in [5.41, 5.74) is 1.07. The number of rotatable bonds is 2. The highest BCUT2D eigenvalue weighted by atomic mass is 35.5. The van der Waals surface area contributed by atoms with E-state index in [0.717, 1.165) is 36.6 Å². The fraction of sp³-hybridized carbons (Fsp3) is 0.417. The Morgan fingerprint density at radius 2 is 2.06 bits per heavy atom. The molecule has 2 aromatic heterocycles. The van der Waals surface area contributed by atoms with E-state index in [1.165, 1.54) is 0 Å². The number of halogens is 1. The van der Waals surface area contributed by atoms with Gasteiger partial charge in [-0.15, -0.1) is 5.10 Å². The molecule has 3 rings (SSSR count). The summed E-state index contributed by atoms with van der Waals surface area (Å²) in [6, 6.07) is 2.42. The molecule has 0 amide bonds. The molecule has 0 radical (unpaired) electrons. The van der Waals surface area contributed by atoms with Crippen LogP contribution < -0.4 is 4.90 Å². The lowest BCUT2D eigenvalue weighted by atomic mass is 10.0. The maximum absolute atomic E-state index is 6.16. The minimum atomic E-state index is 0.448. The summed E-state index contributed by atoms with van der Waals surface area (Å²) in [4.78, 5) is 6.32. The Labute approximate surface area is 110 Å². The number of hydrogen-bond acceptors (Lipinski definition) is 4. The van der Waals surface area contributed by atoms with E-state index in [2.05, 4.69) is 20.2 Å². The molecular weight excluding hydrogens is 250 g/mol. The van der Waals surface area contributed by atoms with Crippen LogP contribution in [0.15, 0.2) is 30.9 Å². The lowest BCUT2D eigenvalue weighted by Crippen LogP contribution is -2.35. The predicted octanol–water partition coefficient (Wildman–Crippen LogP) is 2.17. The van der Waals surface area contributed by atoms with Crippen LogP contribution in [0.2, 0.25) is 5.02 Å². The molecule has 1 fully saturated rings. The summed E-state index contributed by atoms with van der Waals surface area (Å²) in [6.07, 6.45) is 9.25. The van der Waals surface area contributed by atoms with E-state index >= 15 is 0 Å². The fourth-order valence-electron chi connectivity index (χ4n) is 2.41. The first-order chi connectivity index (χ1) is 8.84. The molecule has 2 aromatic rings. The number of piperidine rings is 1. The van der Waals surface area contributed by atoms with Crippen LogP contribution in [0.25, 0.3) is 0 Å². The first-order valence-corrected chi connectivity index (χ1v) is 6.42. The van der Waals surface area contributed by atoms with Crippen LogP contribution in [0.1, 0.15) is 18.9 Å². The Balaban J connectivity index is 1.69. The maximum atomic E-state index is 6.16. The van der Waals surface area contributed by atoms with Crippen LogP contribution in [-0.4, -0.2) is 33.1 Å². The van der Waals surface area contributed by atoms with Crippen LogP contribution in [0, 0.1) is 0 Å². The largest absolute Gasteiger partial charge is 0.370 e. The summed E-state index contributed by atoms with van der Waals surface area (Å²) >= 11 is 6.16. The molecule has 3 heterocycles. The fourth-order valence-corrected chi connectivity index (χ4v) is 2.65. The van der Waals surface area contributed by atoms with E-state index in [9.17, 15) is 0 Å². The van der Waals surface area contributed by atoms with Crippen molar-refractivity contribution in [2.45, 2.75) is 18.9 Å². The number of anilines is 1. The molecule has 18 heavy (non-hydrogen) atoms. The molecule has 0 atom stereocenters. The molecule has 0 unspecified atom stereocenters. The maximum Gasteiger partial charge on any atom is 0.0822 e. The van der Waals surface area contributed by atoms with Crippen molar-refractivity contribution in [1.29, 1.82) is 0 Å². The summed E-state index contributed by atoms with van der Waals surface area (Å²) < 4.78 is 1.95. The SMILES string of the molecule is Clc1cnccc1N1CCC(n2ccnn2)CC1. The molecule has 0 spiro atoms. The molecule has 1 saturated heterocycles. The number of aromatic nitrogens is 4. The average molecular weight is 264 g/mol. The van der Waals surface area contributed by atoms with E-state index in [1.54, 1.807) is 18.6 Å². The molecule has 1 aliphatic rings. The second-order valence-electron chi connectivity index (χ2n) is 4.43. The second kappa shape index (κ2) is 4.94. The summed E-state index contributed by atoms with van der Waals surface area (Å²) in [5.74, 6) is 0. The van der Waals surface area contributed by atoms with E-state index in [4.69, 9.17) is 11.6 Å². The Hall–Kier alpha value is -1.62. The Morgan fingerprint density at radius 3 is 2.72 bits per heavy atom. The molecule has 0 aliphatic carbocycles. The van der Waals surface area contributed by atoms with Gasteiger partial charge in [0.25, 0.3) is 0 Å². The van der Waals surface area contributed by atoms with Crippen LogP contribution in [0.4, 0.5) is 5.69 Å². The smallest absolute Gasteiger partial charge is 0.0822 e. The van der Waals surface area contributed by atoms with E-state index in [0.29, 0.717) is 6.04 Å². The van der Waals surface area contributed by atoms with Crippen LogP contribution >= 0.6 is 11.6 Å². The van der Waals surface area contributed by atoms with Gasteiger partial charge in [0.15, 0.2) is 0 Å². The van der Waals surface area contributed by atoms with Gasteiger partial charge in [0.05, 0.1) is 22.9 Å². The molecule has 0 aromatic carbocycles. The normalized spacial score (nSPS) is 17.1. The molecule has 0 bridgehead atoms. The van der Waals surface area contributed by atoms with Crippen molar-refractivity contribution in [2.24, 2.45) is 0 Å². The van der Waals surface area contributed by atoms with Crippen molar-refractivity contribution in [3.63, 3.8) is 0 Å². The highest BCUT2D eigenvalue weighted by Crippen LogP contribution is 2.29. The van der Waals surface area contributed by atoms with Crippen molar-refractivity contribution in [3.8, 4) is 0 Å². The third-order valence-corrected chi connectivity index (χ3v) is 3.66. The third kappa shape index (κ3) is 2.18. The summed E-state index contributed by atoms with van der Waals surface area (Å²) in [5, 5.41) is 8.65. The van der Waals surface area contributed by atoms with Crippen molar-refractivity contribution < 1.29 is 0 Å². The van der Waals surface area contributed by atoms with E-state index in [1.807, 2.05) is 16.9 Å². The van der Waals surface area contributed by atoms with E-state index < -0.39 is 0 Å². The average Bonchev–Trinajstić information content (AvgIpc) is 2.94. The summed E-state index contributed by atoms with van der Waals surface area (Å²) in [6.45, 7) is 1.96. The Bertz CT molecular complexity index is 505. The van der Waals surface area contributed by atoms with Crippen LogP contribution in [0.5, 0.6) is 0 Å². The topological polar surface area (TPSA) is 46.8 Å². The lowest BCUT2D eigenvalue weighted by Gasteiger charge is -2.33. The van der Waals surface area contributed by atoms with E-state index in [-0.39, 0.29) is 0 Å². The monoisotopic (exact) mass is 263 g/mol. The van der Waals surface area contributed by atoms with Crippen molar-refractivity contribution in [1.82, 2.24) is 20.0 Å². The number of pyridine rings is 1. The van der Waals surface area contributed by atoms with Crippen molar-refractivity contribution in [2.75, 3.05) is 18.0 Å². The highest BCUT2D eigenvalue weighted by Gasteiger charge is 2.22. The minimum absolute atomic E-state index is 0.448. The molecule has 94 valence electrons. The van der Waals surface area contributed by atoms with Crippen LogP contribution in [-0.2, 0) is 0 Å². The molecule has 6 heteroatoms. The standard InChI is InChI=1S/C12H14ClN5/c13-11-9-14-4-1-12(11)17-6-2-10(3-7-17)18-8-5-15-16-18/h1,4-5,8-10H,2-3,6-7H2. The quantitative estimate of drug-likeness (QED) is 0.833. The van der Waals surface area contributed by atoms with Gasteiger partial charge in [-0.2, -0.15) is 0 Å². The first-order valence-electron chi connectivity index (χ1n) is 6.05. The van der Waals surface area contributed by atoms with Crippen molar-refractivity contribution >= 4 is 17.3 Å². The zero-order chi connectivity index (χ0) is 12.4. The predicted molar refractivity (Wildman–Crippen MR) is 69.8 cm³/mol. The third-order valence-electron chi connectivity index (χ3n) is 3.37. The number of hydrogen-bond donors (Lipinski definition) is 0. The van der Waals surface area contributed by atoms with Gasteiger partial charge in [-0.05, 0) is 18.9 Å². The Kier molecular flexibility index (Phi) is 3.15. The first kappa shape index (κ1) is 11.5. The second-order valence-corrected chi connectivity index (χ2v) is 4.84. The minimum Gasteiger partial charge on any atom is -0.370 e. The number of nitrogens with zero attached hydrogens (tertiary/aromatic N) is 5. The molecule has 1 aliphatic heterocycles. The van der Waals surface area contributed by atoms with Gasteiger partial charge in [-0.25, -0.2) is 4.68 Å². The Morgan fingerprint density at radius 1 is 1.22 bits per heavy atom. The van der Waals surface area contributed by atoms with Crippen molar-refractivity contribution in [3.05, 3.63) is 35.9 Å². The van der Waals surface area contributed by atoms with Gasteiger partial charge in [0, 0.05) is 31.7 Å². The molecule has 0 N–H and O–H groups in total. The van der Waals surface area contributed by atoms with Crippen LogP contribution in [0.3, 0.4) is 0 Å². The molecular formula is C12H14ClN5. The summed E-state index contributed by atoms with van der Waals surface area (Å²) in [7, 11) is 0. The highest BCUT2D eigenvalue weighted by molar-refractivity contribution is 6.33.